The summed E-state index contributed by atoms with van der Waals surface area (Å²) in [6.07, 6.45) is 2.96. The Labute approximate surface area is 111 Å². The topological polar surface area (TPSA) is 74.2 Å². The quantitative estimate of drug-likeness (QED) is 0.841. The number of hydrogen-bond donors (Lipinski definition) is 2. The van der Waals surface area contributed by atoms with Crippen LogP contribution in [-0.4, -0.2) is 45.8 Å². The molecule has 1 saturated heterocycles. The Bertz CT molecular complexity index is 397. The highest BCUT2D eigenvalue weighted by molar-refractivity contribution is 6.28. The molecular weight excluding hydrogens is 254 g/mol. The highest BCUT2D eigenvalue weighted by atomic mass is 35.5. The lowest BCUT2D eigenvalue weighted by Crippen LogP contribution is -2.23. The molecule has 1 atom stereocenters. The molecular formula is C11H18ClN5O. The van der Waals surface area contributed by atoms with Crippen molar-refractivity contribution in [2.45, 2.75) is 32.2 Å². The van der Waals surface area contributed by atoms with Crippen LogP contribution in [-0.2, 0) is 0 Å². The van der Waals surface area contributed by atoms with Crippen molar-refractivity contribution in [2.24, 2.45) is 0 Å². The summed E-state index contributed by atoms with van der Waals surface area (Å²) in [5.74, 6) is 1.10. The van der Waals surface area contributed by atoms with Gasteiger partial charge in [-0.1, -0.05) is 0 Å². The lowest BCUT2D eigenvalue weighted by molar-refractivity contribution is 0.282. The van der Waals surface area contributed by atoms with E-state index in [1.54, 1.807) is 0 Å². The summed E-state index contributed by atoms with van der Waals surface area (Å²) in [5.41, 5.74) is 0. The van der Waals surface area contributed by atoms with E-state index < -0.39 is 0 Å². The Morgan fingerprint density at radius 1 is 1.33 bits per heavy atom. The second-order valence-electron chi connectivity index (χ2n) is 4.48. The number of hydrogen-bond acceptors (Lipinski definition) is 6. The number of nitrogens with one attached hydrogen (secondary N) is 1. The average Bonchev–Trinajstić information content (AvgIpc) is 2.81. The van der Waals surface area contributed by atoms with E-state index in [0.29, 0.717) is 18.3 Å². The van der Waals surface area contributed by atoms with Crippen molar-refractivity contribution in [1.82, 2.24) is 15.0 Å². The standard InChI is InChI=1S/C11H18ClN5O/c1-8(4-7-18)13-10-14-9(12)15-11(16-10)17-5-2-3-6-17/h8,18H,2-7H2,1H3,(H,13,14,15,16). The van der Waals surface area contributed by atoms with Crippen molar-refractivity contribution in [3.8, 4) is 0 Å². The van der Waals surface area contributed by atoms with Crippen molar-refractivity contribution in [2.75, 3.05) is 29.9 Å². The molecule has 1 aliphatic heterocycles. The number of nitrogens with zero attached hydrogens (tertiary/aromatic N) is 4. The third-order valence-corrected chi connectivity index (χ3v) is 3.09. The van der Waals surface area contributed by atoms with Gasteiger partial charge in [0.05, 0.1) is 0 Å². The van der Waals surface area contributed by atoms with E-state index in [1.165, 1.54) is 0 Å². The molecule has 0 spiro atoms. The first-order chi connectivity index (χ1) is 8.69. The van der Waals surface area contributed by atoms with Gasteiger partial charge in [-0.05, 0) is 37.8 Å². The van der Waals surface area contributed by atoms with Crippen LogP contribution < -0.4 is 10.2 Å². The zero-order valence-electron chi connectivity index (χ0n) is 10.4. The first kappa shape index (κ1) is 13.3. The van der Waals surface area contributed by atoms with Gasteiger partial charge in [0.15, 0.2) is 0 Å². The average molecular weight is 272 g/mol. The molecule has 0 aromatic carbocycles. The van der Waals surface area contributed by atoms with Gasteiger partial charge in [-0.3, -0.25) is 0 Å². The number of aliphatic hydroxyl groups is 1. The summed E-state index contributed by atoms with van der Waals surface area (Å²) in [4.78, 5) is 14.7. The maximum Gasteiger partial charge on any atom is 0.231 e. The number of aliphatic hydroxyl groups excluding tert-OH is 1. The van der Waals surface area contributed by atoms with Crippen LogP contribution in [0.5, 0.6) is 0 Å². The van der Waals surface area contributed by atoms with Gasteiger partial charge in [0.2, 0.25) is 17.2 Å². The molecule has 18 heavy (non-hydrogen) atoms. The molecule has 1 aromatic rings. The first-order valence-electron chi connectivity index (χ1n) is 6.23. The molecule has 1 aliphatic rings. The van der Waals surface area contributed by atoms with Crippen molar-refractivity contribution < 1.29 is 5.11 Å². The Balaban J connectivity index is 2.10. The number of halogens is 1. The zero-order chi connectivity index (χ0) is 13.0. The molecule has 1 fully saturated rings. The Morgan fingerprint density at radius 3 is 2.72 bits per heavy atom. The van der Waals surface area contributed by atoms with E-state index in [-0.39, 0.29) is 17.9 Å². The minimum Gasteiger partial charge on any atom is -0.396 e. The minimum absolute atomic E-state index is 0.0971. The van der Waals surface area contributed by atoms with E-state index in [9.17, 15) is 0 Å². The second-order valence-corrected chi connectivity index (χ2v) is 4.82. The maximum atomic E-state index is 8.87. The third-order valence-electron chi connectivity index (χ3n) is 2.92. The van der Waals surface area contributed by atoms with Crippen LogP contribution in [0.3, 0.4) is 0 Å². The molecule has 7 heteroatoms. The van der Waals surface area contributed by atoms with Gasteiger partial charge in [-0.2, -0.15) is 15.0 Å². The SMILES string of the molecule is CC(CCO)Nc1nc(Cl)nc(N2CCCC2)n1. The molecule has 0 bridgehead atoms. The molecule has 1 aromatic heterocycles. The Kier molecular flexibility index (Phi) is 4.54. The van der Waals surface area contributed by atoms with E-state index in [4.69, 9.17) is 16.7 Å². The van der Waals surface area contributed by atoms with Crippen LogP contribution >= 0.6 is 11.6 Å². The third kappa shape index (κ3) is 3.43. The monoisotopic (exact) mass is 271 g/mol. The highest BCUT2D eigenvalue weighted by Crippen LogP contribution is 2.18. The van der Waals surface area contributed by atoms with E-state index in [2.05, 4.69) is 25.2 Å². The van der Waals surface area contributed by atoms with E-state index in [0.717, 1.165) is 25.9 Å². The molecule has 100 valence electrons. The normalized spacial score (nSPS) is 16.9. The van der Waals surface area contributed by atoms with Gasteiger partial charge in [0.1, 0.15) is 0 Å². The van der Waals surface area contributed by atoms with Crippen LogP contribution in [0.1, 0.15) is 26.2 Å². The fourth-order valence-electron chi connectivity index (χ4n) is 1.95. The number of rotatable bonds is 5. The Morgan fingerprint density at radius 2 is 2.06 bits per heavy atom. The molecule has 2 heterocycles. The second kappa shape index (κ2) is 6.15. The summed E-state index contributed by atoms with van der Waals surface area (Å²) in [7, 11) is 0. The van der Waals surface area contributed by atoms with Crippen LogP contribution in [0, 0.1) is 0 Å². The van der Waals surface area contributed by atoms with Gasteiger partial charge in [0.25, 0.3) is 0 Å². The summed E-state index contributed by atoms with van der Waals surface area (Å²) < 4.78 is 0. The first-order valence-corrected chi connectivity index (χ1v) is 6.61. The van der Waals surface area contributed by atoms with Crippen molar-refractivity contribution >= 4 is 23.5 Å². The van der Waals surface area contributed by atoms with E-state index in [1.807, 2.05) is 6.92 Å². The van der Waals surface area contributed by atoms with Crippen LogP contribution in [0.2, 0.25) is 5.28 Å². The predicted molar refractivity (Wildman–Crippen MR) is 71.1 cm³/mol. The fraction of sp³-hybridized carbons (Fsp3) is 0.727. The van der Waals surface area contributed by atoms with Gasteiger partial charge in [0, 0.05) is 25.7 Å². The minimum atomic E-state index is 0.0971. The number of aromatic nitrogens is 3. The molecule has 2 rings (SSSR count). The predicted octanol–water partition coefficient (Wildman–Crippen LogP) is 1.31. The molecule has 0 radical (unpaired) electrons. The van der Waals surface area contributed by atoms with E-state index >= 15 is 0 Å². The zero-order valence-corrected chi connectivity index (χ0v) is 11.2. The van der Waals surface area contributed by atoms with Crippen molar-refractivity contribution in [3.05, 3.63) is 5.28 Å². The summed E-state index contributed by atoms with van der Waals surface area (Å²) in [5, 5.41) is 12.2. The van der Waals surface area contributed by atoms with Gasteiger partial charge in [-0.25, -0.2) is 0 Å². The summed E-state index contributed by atoms with van der Waals surface area (Å²) in [6, 6.07) is 0.0971. The van der Waals surface area contributed by atoms with Crippen LogP contribution in [0.4, 0.5) is 11.9 Å². The molecule has 0 aliphatic carbocycles. The van der Waals surface area contributed by atoms with Crippen LogP contribution in [0.25, 0.3) is 0 Å². The van der Waals surface area contributed by atoms with Crippen molar-refractivity contribution in [1.29, 1.82) is 0 Å². The lowest BCUT2D eigenvalue weighted by Gasteiger charge is -2.17. The Hall–Kier alpha value is -1.14. The van der Waals surface area contributed by atoms with Crippen molar-refractivity contribution in [3.63, 3.8) is 0 Å². The van der Waals surface area contributed by atoms with Crippen LogP contribution in [0.15, 0.2) is 0 Å². The maximum absolute atomic E-state index is 8.87. The summed E-state index contributed by atoms with van der Waals surface area (Å²) in [6.45, 7) is 4.02. The van der Waals surface area contributed by atoms with Gasteiger partial charge >= 0.3 is 0 Å². The fourth-order valence-corrected chi connectivity index (χ4v) is 2.10. The van der Waals surface area contributed by atoms with Gasteiger partial charge in [-0.15, -0.1) is 0 Å². The summed E-state index contributed by atoms with van der Waals surface area (Å²) >= 11 is 5.91. The molecule has 0 amide bonds. The molecule has 2 N–H and O–H groups in total. The molecule has 0 saturated carbocycles. The highest BCUT2D eigenvalue weighted by Gasteiger charge is 2.17. The van der Waals surface area contributed by atoms with Gasteiger partial charge < -0.3 is 15.3 Å². The lowest BCUT2D eigenvalue weighted by atomic mass is 10.2. The number of anilines is 2. The molecule has 1 unspecified atom stereocenters. The largest absolute Gasteiger partial charge is 0.396 e. The smallest absolute Gasteiger partial charge is 0.231 e. The molecule has 6 nitrogen and oxygen atoms in total.